The molecule has 171 valence electrons. The molecule has 1 fully saturated rings. The average molecular weight is 418 g/mol. The number of hydrogen-bond donors (Lipinski definition) is 1. The highest BCUT2D eigenvalue weighted by Gasteiger charge is 2.23. The minimum Gasteiger partial charge on any atom is -0.341 e. The van der Waals surface area contributed by atoms with Crippen molar-refractivity contribution in [2.75, 3.05) is 13.1 Å². The van der Waals surface area contributed by atoms with Crippen molar-refractivity contribution in [1.82, 2.24) is 10.2 Å². The number of rotatable bonds is 19. The molecule has 1 saturated heterocycles. The summed E-state index contributed by atoms with van der Waals surface area (Å²) in [4.78, 5) is 25.7. The molecule has 0 aromatic carbocycles. The van der Waals surface area contributed by atoms with Crippen molar-refractivity contribution < 1.29 is 9.59 Å². The van der Waals surface area contributed by atoms with Gasteiger partial charge in [-0.1, -0.05) is 103 Å². The van der Waals surface area contributed by atoms with Gasteiger partial charge in [-0.05, 0) is 12.8 Å². The Balaban J connectivity index is 2.00. The van der Waals surface area contributed by atoms with Crippen molar-refractivity contribution >= 4 is 11.8 Å². The predicted molar refractivity (Wildman–Crippen MR) is 127 cm³/mol. The van der Waals surface area contributed by atoms with Crippen molar-refractivity contribution in [1.29, 1.82) is 0 Å². The minimum atomic E-state index is -0.195. The fourth-order valence-electron chi connectivity index (χ4n) is 3.96. The number of likely N-dealkylation sites (tertiary alicyclic amines) is 1. The Bertz CT molecular complexity index is 515. The molecule has 0 bridgehead atoms. The molecule has 0 unspecified atom stereocenters. The van der Waals surface area contributed by atoms with Crippen LogP contribution in [-0.4, -0.2) is 29.8 Å². The second-order valence-corrected chi connectivity index (χ2v) is 8.70. The second-order valence-electron chi connectivity index (χ2n) is 8.70. The van der Waals surface area contributed by atoms with Crippen LogP contribution in [0.2, 0.25) is 0 Å². The zero-order valence-electron chi connectivity index (χ0n) is 19.5. The normalized spacial score (nSPS) is 13.8. The summed E-state index contributed by atoms with van der Waals surface area (Å²) in [6.07, 6.45) is 21.3. The van der Waals surface area contributed by atoms with Gasteiger partial charge in [-0.25, -0.2) is 0 Å². The number of amides is 2. The Morgan fingerprint density at radius 2 is 1.50 bits per heavy atom. The quantitative estimate of drug-likeness (QED) is 0.193. The van der Waals surface area contributed by atoms with Crippen molar-refractivity contribution in [2.24, 2.45) is 0 Å². The molecule has 4 heteroatoms. The van der Waals surface area contributed by atoms with E-state index < -0.39 is 0 Å². The van der Waals surface area contributed by atoms with Crippen molar-refractivity contribution in [2.45, 2.75) is 110 Å². The maximum absolute atomic E-state index is 12.3. The lowest BCUT2D eigenvalue weighted by atomic mass is 10.0. The van der Waals surface area contributed by atoms with Crippen molar-refractivity contribution in [3.8, 4) is 0 Å². The molecule has 1 radical (unpaired) electrons. The molecular formula is C26H45N2O2. The Kier molecular flexibility index (Phi) is 15.1. The summed E-state index contributed by atoms with van der Waals surface area (Å²) in [6, 6.07) is 0.858. The molecule has 2 amide bonds. The standard InChI is InChI=1S/C26H45N2O2/c1-4-6-7-8-9-10-11-12-13-14-15-16-17-19-24(5-2)27-26(30)23(3)22-28-21-18-20-25(28)29/h5H,2-4,6-22H2,1H3,(H,27,30). The summed E-state index contributed by atoms with van der Waals surface area (Å²) < 4.78 is 0. The van der Waals surface area contributed by atoms with Gasteiger partial charge in [0.1, 0.15) is 0 Å². The molecule has 0 aromatic rings. The van der Waals surface area contributed by atoms with E-state index in [1.54, 1.807) is 11.0 Å². The number of hydrogen-bond acceptors (Lipinski definition) is 2. The van der Waals surface area contributed by atoms with Crippen molar-refractivity contribution in [3.63, 3.8) is 0 Å². The Labute approximate surface area is 185 Å². The van der Waals surface area contributed by atoms with E-state index in [2.05, 4.69) is 25.4 Å². The molecule has 0 aromatic heterocycles. The number of nitrogens with one attached hydrogen (secondary N) is 1. The fourth-order valence-corrected chi connectivity index (χ4v) is 3.96. The number of carbonyl (C=O) groups excluding carboxylic acids is 2. The zero-order valence-corrected chi connectivity index (χ0v) is 19.5. The van der Waals surface area contributed by atoms with E-state index in [4.69, 9.17) is 0 Å². The van der Waals surface area contributed by atoms with Crippen LogP contribution < -0.4 is 5.32 Å². The first-order valence-corrected chi connectivity index (χ1v) is 12.3. The molecule has 1 rings (SSSR count). The highest BCUT2D eigenvalue weighted by Crippen LogP contribution is 2.16. The van der Waals surface area contributed by atoms with E-state index >= 15 is 0 Å². The Morgan fingerprint density at radius 1 is 0.967 bits per heavy atom. The number of nitrogens with zero attached hydrogens (tertiary/aromatic N) is 1. The zero-order chi connectivity index (χ0) is 22.0. The van der Waals surface area contributed by atoms with Crippen LogP contribution in [0.15, 0.2) is 24.8 Å². The van der Waals surface area contributed by atoms with Gasteiger partial charge in [0.15, 0.2) is 0 Å². The van der Waals surface area contributed by atoms with Gasteiger partial charge in [-0.3, -0.25) is 9.59 Å². The molecule has 0 spiro atoms. The van der Waals surface area contributed by atoms with Gasteiger partial charge in [0, 0.05) is 18.5 Å². The first kappa shape index (κ1) is 26.5. The topological polar surface area (TPSA) is 49.4 Å². The molecule has 4 nitrogen and oxygen atoms in total. The van der Waals surface area contributed by atoms with Gasteiger partial charge in [-0.15, -0.1) is 6.58 Å². The van der Waals surface area contributed by atoms with E-state index in [0.717, 1.165) is 31.8 Å². The van der Waals surface area contributed by atoms with Gasteiger partial charge in [0.2, 0.25) is 11.8 Å². The van der Waals surface area contributed by atoms with Crippen LogP contribution in [0.1, 0.15) is 110 Å². The maximum Gasteiger partial charge on any atom is 0.249 e. The van der Waals surface area contributed by atoms with E-state index in [1.807, 2.05) is 0 Å². The SMILES string of the molecule is C=C[C](CCCCCCCCCCCCCCC)NC(=O)C(=C)CN1CCCC1=O. The smallest absolute Gasteiger partial charge is 0.249 e. The molecule has 1 heterocycles. The lowest BCUT2D eigenvalue weighted by Crippen LogP contribution is -2.34. The van der Waals surface area contributed by atoms with Crippen LogP contribution in [0.3, 0.4) is 0 Å². The highest BCUT2D eigenvalue weighted by atomic mass is 16.2. The summed E-state index contributed by atoms with van der Waals surface area (Å²) in [5, 5.41) is 2.92. The Hall–Kier alpha value is -1.58. The van der Waals surface area contributed by atoms with E-state index in [1.165, 1.54) is 77.0 Å². The van der Waals surface area contributed by atoms with Gasteiger partial charge in [-0.2, -0.15) is 0 Å². The van der Waals surface area contributed by atoms with Gasteiger partial charge >= 0.3 is 0 Å². The summed E-state index contributed by atoms with van der Waals surface area (Å²) >= 11 is 0. The molecule has 0 atom stereocenters. The summed E-state index contributed by atoms with van der Waals surface area (Å²) in [6.45, 7) is 11.0. The molecule has 0 aliphatic carbocycles. The lowest BCUT2D eigenvalue weighted by Gasteiger charge is -2.19. The Morgan fingerprint density at radius 3 is 1.97 bits per heavy atom. The van der Waals surface area contributed by atoms with E-state index in [9.17, 15) is 9.59 Å². The van der Waals surface area contributed by atoms with Crippen LogP contribution >= 0.6 is 0 Å². The van der Waals surface area contributed by atoms with Gasteiger partial charge < -0.3 is 10.2 Å². The minimum absolute atomic E-state index is 0.115. The van der Waals surface area contributed by atoms with Crippen LogP contribution in [0, 0.1) is 6.04 Å². The van der Waals surface area contributed by atoms with Gasteiger partial charge in [0.05, 0.1) is 12.6 Å². The van der Waals surface area contributed by atoms with Crippen LogP contribution in [0.4, 0.5) is 0 Å². The number of unbranched alkanes of at least 4 members (excludes halogenated alkanes) is 12. The molecule has 1 aliphatic heterocycles. The molecular weight excluding hydrogens is 372 g/mol. The first-order valence-electron chi connectivity index (χ1n) is 12.3. The summed E-state index contributed by atoms with van der Waals surface area (Å²) in [7, 11) is 0. The summed E-state index contributed by atoms with van der Waals surface area (Å²) in [5.74, 6) is -0.0804. The second kappa shape index (κ2) is 17.1. The molecule has 30 heavy (non-hydrogen) atoms. The monoisotopic (exact) mass is 417 g/mol. The van der Waals surface area contributed by atoms with Gasteiger partial charge in [0.25, 0.3) is 0 Å². The third kappa shape index (κ3) is 12.2. The fraction of sp³-hybridized carbons (Fsp3) is 0.731. The van der Waals surface area contributed by atoms with Crippen LogP contribution in [0.5, 0.6) is 0 Å². The van der Waals surface area contributed by atoms with Crippen LogP contribution in [0.25, 0.3) is 0 Å². The first-order chi connectivity index (χ1) is 14.6. The average Bonchev–Trinajstić information content (AvgIpc) is 3.14. The summed E-state index contributed by atoms with van der Waals surface area (Å²) in [5.41, 5.74) is 0.440. The van der Waals surface area contributed by atoms with Crippen LogP contribution in [-0.2, 0) is 9.59 Å². The lowest BCUT2D eigenvalue weighted by molar-refractivity contribution is -0.127. The third-order valence-corrected chi connectivity index (χ3v) is 5.94. The predicted octanol–water partition coefficient (Wildman–Crippen LogP) is 6.48. The largest absolute Gasteiger partial charge is 0.341 e. The van der Waals surface area contributed by atoms with E-state index in [0.29, 0.717) is 18.5 Å². The third-order valence-electron chi connectivity index (χ3n) is 5.94. The van der Waals surface area contributed by atoms with E-state index in [-0.39, 0.29) is 11.8 Å². The maximum atomic E-state index is 12.3. The molecule has 1 N–H and O–H groups in total. The molecule has 1 aliphatic rings. The number of carbonyl (C=O) groups is 2. The highest BCUT2D eigenvalue weighted by molar-refractivity contribution is 5.95. The molecule has 0 saturated carbocycles. The van der Waals surface area contributed by atoms with Crippen molar-refractivity contribution in [3.05, 3.63) is 30.8 Å².